The lowest BCUT2D eigenvalue weighted by atomic mass is 9.99. The van der Waals surface area contributed by atoms with Gasteiger partial charge < -0.3 is 25.7 Å². The normalized spacial score (nSPS) is 14.7. The van der Waals surface area contributed by atoms with Crippen LogP contribution in [-0.4, -0.2) is 57.3 Å². The van der Waals surface area contributed by atoms with Gasteiger partial charge in [-0.3, -0.25) is 4.79 Å². The fourth-order valence-corrected chi connectivity index (χ4v) is 5.51. The molecule has 0 rings (SSSR count). The van der Waals surface area contributed by atoms with E-state index in [2.05, 4.69) is 31.3 Å². The number of rotatable bonds is 32. The summed E-state index contributed by atoms with van der Waals surface area (Å²) in [5.41, 5.74) is 0. The number of hydrogen-bond acceptors (Lipinski definition) is 5. The van der Waals surface area contributed by atoms with Crippen LogP contribution in [0.2, 0.25) is 0 Å². The molecule has 0 aliphatic carbocycles. The van der Waals surface area contributed by atoms with E-state index in [1.54, 1.807) is 0 Å². The molecule has 5 N–H and O–H groups in total. The maximum absolute atomic E-state index is 12.3. The van der Waals surface area contributed by atoms with Gasteiger partial charge in [0.25, 0.3) is 0 Å². The number of nitrogens with one attached hydrogen (secondary N) is 1. The average molecular weight is 598 g/mol. The van der Waals surface area contributed by atoms with Gasteiger partial charge in [-0.05, 0) is 38.5 Å². The third-order valence-electron chi connectivity index (χ3n) is 8.48. The van der Waals surface area contributed by atoms with E-state index in [0.717, 1.165) is 57.8 Å². The Morgan fingerprint density at radius 2 is 0.952 bits per heavy atom. The Hall–Kier alpha value is -0.950. The van der Waals surface area contributed by atoms with Gasteiger partial charge in [-0.2, -0.15) is 0 Å². The SMILES string of the molecule is CCCCCCCCCCCCC/C=C\CCCCCCCCC(O)C(=O)NC(CO)C(O)C(O)CCCCCCC. The summed E-state index contributed by atoms with van der Waals surface area (Å²) in [4.78, 5) is 12.3. The average Bonchev–Trinajstić information content (AvgIpc) is 2.99. The first-order chi connectivity index (χ1) is 20.5. The van der Waals surface area contributed by atoms with Gasteiger partial charge in [0.15, 0.2) is 0 Å². The number of carbonyl (C=O) groups excluding carboxylic acids is 1. The van der Waals surface area contributed by atoms with E-state index in [-0.39, 0.29) is 0 Å². The largest absolute Gasteiger partial charge is 0.394 e. The molecule has 0 fully saturated rings. The molecule has 0 aliphatic rings. The van der Waals surface area contributed by atoms with Crippen LogP contribution in [0.25, 0.3) is 0 Å². The second-order valence-corrected chi connectivity index (χ2v) is 12.6. The lowest BCUT2D eigenvalue weighted by Crippen LogP contribution is -2.53. The van der Waals surface area contributed by atoms with Crippen molar-refractivity contribution < 1.29 is 25.2 Å². The highest BCUT2D eigenvalue weighted by Gasteiger charge is 2.28. The molecule has 4 atom stereocenters. The van der Waals surface area contributed by atoms with Gasteiger partial charge in [0.05, 0.1) is 18.8 Å². The molecule has 0 bridgehead atoms. The van der Waals surface area contributed by atoms with Gasteiger partial charge in [0, 0.05) is 0 Å². The number of allylic oxidation sites excluding steroid dienone is 2. The number of aliphatic hydroxyl groups excluding tert-OH is 4. The molecule has 0 heterocycles. The topological polar surface area (TPSA) is 110 Å². The molecule has 0 spiro atoms. The fraction of sp³-hybridized carbons (Fsp3) is 0.917. The van der Waals surface area contributed by atoms with Gasteiger partial charge >= 0.3 is 0 Å². The third kappa shape index (κ3) is 25.5. The highest BCUT2D eigenvalue weighted by Crippen LogP contribution is 2.15. The summed E-state index contributed by atoms with van der Waals surface area (Å²) >= 11 is 0. The molecule has 0 aromatic carbocycles. The van der Waals surface area contributed by atoms with Crippen LogP contribution in [0.4, 0.5) is 0 Å². The summed E-state index contributed by atoms with van der Waals surface area (Å²) in [6.07, 6.45) is 31.4. The highest BCUT2D eigenvalue weighted by atomic mass is 16.3. The molecule has 0 saturated heterocycles. The monoisotopic (exact) mass is 598 g/mol. The number of hydrogen-bond donors (Lipinski definition) is 5. The van der Waals surface area contributed by atoms with Crippen molar-refractivity contribution >= 4 is 5.91 Å². The van der Waals surface area contributed by atoms with E-state index in [1.807, 2.05) is 0 Å². The Kier molecular flexibility index (Phi) is 30.8. The molecule has 42 heavy (non-hydrogen) atoms. The molecule has 0 aromatic rings. The first kappa shape index (κ1) is 41.0. The summed E-state index contributed by atoms with van der Waals surface area (Å²) in [7, 11) is 0. The van der Waals surface area contributed by atoms with E-state index >= 15 is 0 Å². The number of unbranched alkanes of at least 4 members (excludes halogenated alkanes) is 21. The van der Waals surface area contributed by atoms with Crippen molar-refractivity contribution in [1.29, 1.82) is 0 Å². The molecule has 0 radical (unpaired) electrons. The van der Waals surface area contributed by atoms with Crippen LogP contribution in [0.1, 0.15) is 181 Å². The van der Waals surface area contributed by atoms with Crippen LogP contribution in [-0.2, 0) is 4.79 Å². The van der Waals surface area contributed by atoms with E-state index in [0.29, 0.717) is 12.8 Å². The van der Waals surface area contributed by atoms with Crippen LogP contribution in [0.15, 0.2) is 12.2 Å². The smallest absolute Gasteiger partial charge is 0.249 e. The summed E-state index contributed by atoms with van der Waals surface area (Å²) < 4.78 is 0. The number of aliphatic hydroxyl groups is 4. The maximum Gasteiger partial charge on any atom is 0.249 e. The first-order valence-electron chi connectivity index (χ1n) is 18.1. The van der Waals surface area contributed by atoms with Crippen LogP contribution in [0.3, 0.4) is 0 Å². The Morgan fingerprint density at radius 3 is 1.38 bits per heavy atom. The molecule has 4 unspecified atom stereocenters. The van der Waals surface area contributed by atoms with Gasteiger partial charge in [-0.25, -0.2) is 0 Å². The van der Waals surface area contributed by atoms with Crippen LogP contribution in [0.5, 0.6) is 0 Å². The molecule has 0 aromatic heterocycles. The summed E-state index contributed by atoms with van der Waals surface area (Å²) in [6.45, 7) is 3.93. The maximum atomic E-state index is 12.3. The van der Waals surface area contributed by atoms with Gasteiger partial charge in [0.1, 0.15) is 12.2 Å². The summed E-state index contributed by atoms with van der Waals surface area (Å²) in [6, 6.07) is -0.980. The minimum absolute atomic E-state index is 0.363. The van der Waals surface area contributed by atoms with Crippen LogP contribution >= 0.6 is 0 Å². The molecule has 1 amide bonds. The second kappa shape index (κ2) is 31.5. The van der Waals surface area contributed by atoms with Crippen LogP contribution < -0.4 is 5.32 Å². The molecule has 0 aliphatic heterocycles. The minimum Gasteiger partial charge on any atom is -0.394 e. The van der Waals surface area contributed by atoms with Gasteiger partial charge in [-0.15, -0.1) is 0 Å². The van der Waals surface area contributed by atoms with E-state index in [4.69, 9.17) is 0 Å². The van der Waals surface area contributed by atoms with E-state index < -0.39 is 36.9 Å². The predicted octanol–water partition coefficient (Wildman–Crippen LogP) is 8.28. The number of amides is 1. The first-order valence-corrected chi connectivity index (χ1v) is 18.1. The molecule has 6 heteroatoms. The van der Waals surface area contributed by atoms with Crippen molar-refractivity contribution in [2.24, 2.45) is 0 Å². The summed E-state index contributed by atoms with van der Waals surface area (Å²) in [5.74, 6) is -0.594. The van der Waals surface area contributed by atoms with Crippen molar-refractivity contribution in [3.8, 4) is 0 Å². The minimum atomic E-state index is -1.25. The molecule has 250 valence electrons. The van der Waals surface area contributed by atoms with E-state index in [1.165, 1.54) is 96.3 Å². The van der Waals surface area contributed by atoms with Gasteiger partial charge in [-0.1, -0.05) is 154 Å². The summed E-state index contributed by atoms with van der Waals surface area (Å²) in [5, 5.41) is 42.9. The third-order valence-corrected chi connectivity index (χ3v) is 8.48. The lowest BCUT2D eigenvalue weighted by molar-refractivity contribution is -0.132. The zero-order valence-corrected chi connectivity index (χ0v) is 27.8. The lowest BCUT2D eigenvalue weighted by Gasteiger charge is -2.27. The highest BCUT2D eigenvalue weighted by molar-refractivity contribution is 5.80. The van der Waals surface area contributed by atoms with Crippen molar-refractivity contribution in [3.63, 3.8) is 0 Å². The molecular weight excluding hydrogens is 526 g/mol. The molecular formula is C36H71NO5. The zero-order chi connectivity index (χ0) is 31.1. The van der Waals surface area contributed by atoms with Crippen molar-refractivity contribution in [3.05, 3.63) is 12.2 Å². The second-order valence-electron chi connectivity index (χ2n) is 12.6. The standard InChI is InChI=1S/C36H71NO5/c1-3-5-7-9-10-11-12-13-14-15-16-17-18-19-20-21-22-23-24-26-28-30-34(40)36(42)37-32(31-38)35(41)33(39)29-27-25-8-6-4-2/h18-19,32-35,38-41H,3-17,20-31H2,1-2H3,(H,37,42)/b19-18-. The van der Waals surface area contributed by atoms with Crippen LogP contribution in [0, 0.1) is 0 Å². The Labute approximate surface area is 260 Å². The molecule has 6 nitrogen and oxygen atoms in total. The predicted molar refractivity (Wildman–Crippen MR) is 178 cm³/mol. The fourth-order valence-electron chi connectivity index (χ4n) is 5.51. The molecule has 0 saturated carbocycles. The van der Waals surface area contributed by atoms with Gasteiger partial charge in [0.2, 0.25) is 5.91 Å². The van der Waals surface area contributed by atoms with E-state index in [9.17, 15) is 25.2 Å². The van der Waals surface area contributed by atoms with Crippen molar-refractivity contribution in [2.75, 3.05) is 6.61 Å². The zero-order valence-electron chi connectivity index (χ0n) is 27.8. The van der Waals surface area contributed by atoms with Crippen molar-refractivity contribution in [1.82, 2.24) is 5.32 Å². The Balaban J connectivity index is 3.67. The van der Waals surface area contributed by atoms with Crippen molar-refractivity contribution in [2.45, 2.75) is 205 Å². The Bertz CT molecular complexity index is 599. The quantitative estimate of drug-likeness (QED) is 0.0396. The number of carbonyl (C=O) groups is 1. The Morgan fingerprint density at radius 1 is 0.571 bits per heavy atom.